The van der Waals surface area contributed by atoms with E-state index in [2.05, 4.69) is 31.1 Å². The van der Waals surface area contributed by atoms with Crippen LogP contribution in [0.15, 0.2) is 33.6 Å². The second-order valence-corrected chi connectivity index (χ2v) is 4.83. The van der Waals surface area contributed by atoms with Crippen molar-refractivity contribution < 1.29 is 4.52 Å². The van der Waals surface area contributed by atoms with Crippen molar-refractivity contribution >= 4 is 39.3 Å². The molecule has 0 aliphatic heterocycles. The number of pyridine rings is 1. The van der Waals surface area contributed by atoms with E-state index in [1.807, 2.05) is 10.6 Å². The first-order valence-corrected chi connectivity index (χ1v) is 6.07. The highest BCUT2D eigenvalue weighted by atomic mass is 79.9. The van der Waals surface area contributed by atoms with E-state index in [-0.39, 0.29) is 0 Å². The summed E-state index contributed by atoms with van der Waals surface area (Å²) in [5.41, 5.74) is 2.51. The summed E-state index contributed by atoms with van der Waals surface area (Å²) in [5, 5.41) is 3.86. The topological polar surface area (TPSA) is 59.6 Å². The van der Waals surface area contributed by atoms with Crippen LogP contribution in [0.2, 0.25) is 0 Å². The SMILES string of the molecule is S=c1[nH]c2cc(Br)cnc2n1Cc1ccon1. The maximum Gasteiger partial charge on any atom is 0.179 e. The summed E-state index contributed by atoms with van der Waals surface area (Å²) in [6, 6.07) is 3.75. The van der Waals surface area contributed by atoms with E-state index in [1.54, 1.807) is 12.3 Å². The van der Waals surface area contributed by atoms with Crippen LogP contribution in [-0.4, -0.2) is 19.7 Å². The van der Waals surface area contributed by atoms with Gasteiger partial charge in [-0.1, -0.05) is 5.16 Å². The van der Waals surface area contributed by atoms with Crippen LogP contribution >= 0.6 is 28.1 Å². The molecule has 3 heterocycles. The molecule has 0 saturated heterocycles. The third kappa shape index (κ3) is 1.91. The van der Waals surface area contributed by atoms with Gasteiger partial charge in [-0.2, -0.15) is 0 Å². The van der Waals surface area contributed by atoms with Gasteiger partial charge < -0.3 is 9.51 Å². The summed E-state index contributed by atoms with van der Waals surface area (Å²) in [6.45, 7) is 0.546. The van der Waals surface area contributed by atoms with E-state index in [4.69, 9.17) is 16.7 Å². The molecule has 0 aliphatic carbocycles. The van der Waals surface area contributed by atoms with Crippen LogP contribution in [0.4, 0.5) is 0 Å². The zero-order chi connectivity index (χ0) is 11.8. The Morgan fingerprint density at radius 3 is 3.18 bits per heavy atom. The van der Waals surface area contributed by atoms with Gasteiger partial charge in [-0.15, -0.1) is 0 Å². The first-order chi connectivity index (χ1) is 8.24. The number of nitrogens with one attached hydrogen (secondary N) is 1. The van der Waals surface area contributed by atoms with E-state index >= 15 is 0 Å². The zero-order valence-electron chi connectivity index (χ0n) is 8.55. The highest BCUT2D eigenvalue weighted by molar-refractivity contribution is 9.10. The van der Waals surface area contributed by atoms with Crippen molar-refractivity contribution in [3.05, 3.63) is 39.5 Å². The van der Waals surface area contributed by atoms with E-state index < -0.39 is 0 Å². The highest BCUT2D eigenvalue weighted by Crippen LogP contribution is 2.17. The van der Waals surface area contributed by atoms with Gasteiger partial charge in [0.15, 0.2) is 10.4 Å². The molecule has 86 valence electrons. The summed E-state index contributed by atoms with van der Waals surface area (Å²) in [4.78, 5) is 7.45. The number of halogens is 1. The van der Waals surface area contributed by atoms with Crippen molar-refractivity contribution in [2.24, 2.45) is 0 Å². The summed E-state index contributed by atoms with van der Waals surface area (Å²) in [6.07, 6.45) is 3.28. The number of rotatable bonds is 2. The van der Waals surface area contributed by atoms with Gasteiger partial charge in [0.2, 0.25) is 0 Å². The summed E-state index contributed by atoms with van der Waals surface area (Å²) >= 11 is 8.64. The van der Waals surface area contributed by atoms with Gasteiger partial charge in [-0.25, -0.2) is 4.98 Å². The number of aromatic nitrogens is 4. The average molecular weight is 311 g/mol. The third-order valence-electron chi connectivity index (χ3n) is 2.39. The molecular weight excluding hydrogens is 304 g/mol. The minimum atomic E-state index is 0.546. The normalized spacial score (nSPS) is 11.1. The molecule has 0 saturated carbocycles. The maximum atomic E-state index is 5.26. The number of hydrogen-bond acceptors (Lipinski definition) is 4. The van der Waals surface area contributed by atoms with Crippen molar-refractivity contribution in [1.29, 1.82) is 0 Å². The first-order valence-electron chi connectivity index (χ1n) is 4.87. The van der Waals surface area contributed by atoms with Crippen molar-refractivity contribution in [1.82, 2.24) is 19.7 Å². The molecule has 0 atom stereocenters. The minimum absolute atomic E-state index is 0.546. The van der Waals surface area contributed by atoms with Gasteiger partial charge in [-0.3, -0.25) is 4.57 Å². The molecule has 0 aliphatic rings. The van der Waals surface area contributed by atoms with Crippen LogP contribution < -0.4 is 0 Å². The van der Waals surface area contributed by atoms with E-state index in [1.165, 1.54) is 6.26 Å². The fourth-order valence-corrected chi connectivity index (χ4v) is 2.24. The van der Waals surface area contributed by atoms with Crippen LogP contribution in [0.1, 0.15) is 5.69 Å². The Kier molecular flexibility index (Phi) is 2.56. The number of fused-ring (bicyclic) bond motifs is 1. The molecule has 0 fully saturated rings. The standard InChI is InChI=1S/C10H7BrN4OS/c11-6-3-8-9(12-4-6)15(10(17)13-8)5-7-1-2-16-14-7/h1-4H,5H2,(H,13,17). The maximum absolute atomic E-state index is 5.26. The van der Waals surface area contributed by atoms with Gasteiger partial charge in [0.05, 0.1) is 12.1 Å². The Balaban J connectivity index is 2.16. The summed E-state index contributed by atoms with van der Waals surface area (Å²) in [5.74, 6) is 0. The lowest BCUT2D eigenvalue weighted by atomic mass is 10.4. The minimum Gasteiger partial charge on any atom is -0.364 e. The van der Waals surface area contributed by atoms with Crippen LogP contribution in [0.3, 0.4) is 0 Å². The van der Waals surface area contributed by atoms with E-state index in [9.17, 15) is 0 Å². The molecule has 3 aromatic rings. The average Bonchev–Trinajstić information content (AvgIpc) is 2.88. The Hall–Kier alpha value is -1.47. The second kappa shape index (κ2) is 4.08. The van der Waals surface area contributed by atoms with Crippen molar-refractivity contribution in [2.45, 2.75) is 6.54 Å². The lowest BCUT2D eigenvalue weighted by molar-refractivity contribution is 0.410. The fraction of sp³-hybridized carbons (Fsp3) is 0.100. The first kappa shape index (κ1) is 10.7. The van der Waals surface area contributed by atoms with Gasteiger partial charge in [0, 0.05) is 16.7 Å². The largest absolute Gasteiger partial charge is 0.364 e. The monoisotopic (exact) mass is 310 g/mol. The molecule has 0 bridgehead atoms. The molecule has 17 heavy (non-hydrogen) atoms. The highest BCUT2D eigenvalue weighted by Gasteiger charge is 2.08. The van der Waals surface area contributed by atoms with Crippen LogP contribution in [-0.2, 0) is 6.54 Å². The Bertz CT molecular complexity index is 716. The molecule has 0 aromatic carbocycles. The van der Waals surface area contributed by atoms with Crippen LogP contribution in [0, 0.1) is 4.77 Å². The molecule has 0 unspecified atom stereocenters. The van der Waals surface area contributed by atoms with E-state index in [0.717, 1.165) is 21.3 Å². The zero-order valence-corrected chi connectivity index (χ0v) is 11.0. The Morgan fingerprint density at radius 1 is 1.53 bits per heavy atom. The molecule has 7 heteroatoms. The number of H-pyrrole nitrogens is 1. The summed E-state index contributed by atoms with van der Waals surface area (Å²) < 4.78 is 8.21. The predicted molar refractivity (Wildman–Crippen MR) is 68.2 cm³/mol. The quantitative estimate of drug-likeness (QED) is 0.739. The number of imidazole rings is 1. The van der Waals surface area contributed by atoms with Crippen molar-refractivity contribution in [3.63, 3.8) is 0 Å². The molecule has 1 N–H and O–H groups in total. The second-order valence-electron chi connectivity index (χ2n) is 3.53. The summed E-state index contributed by atoms with van der Waals surface area (Å²) in [7, 11) is 0. The molecule has 0 spiro atoms. The lowest BCUT2D eigenvalue weighted by Crippen LogP contribution is -2.00. The van der Waals surface area contributed by atoms with Gasteiger partial charge >= 0.3 is 0 Å². The molecule has 3 aromatic heterocycles. The van der Waals surface area contributed by atoms with E-state index in [0.29, 0.717) is 11.3 Å². The van der Waals surface area contributed by atoms with Gasteiger partial charge in [0.1, 0.15) is 12.0 Å². The molecule has 3 rings (SSSR count). The predicted octanol–water partition coefficient (Wildman–Crippen LogP) is 2.89. The van der Waals surface area contributed by atoms with Gasteiger partial charge in [0.25, 0.3) is 0 Å². The smallest absolute Gasteiger partial charge is 0.179 e. The number of aromatic amines is 1. The fourth-order valence-electron chi connectivity index (χ4n) is 1.65. The molecule has 0 radical (unpaired) electrons. The molecular formula is C10H7BrN4OS. The number of hydrogen-bond donors (Lipinski definition) is 1. The van der Waals surface area contributed by atoms with Crippen LogP contribution in [0.5, 0.6) is 0 Å². The molecule has 5 nitrogen and oxygen atoms in total. The lowest BCUT2D eigenvalue weighted by Gasteiger charge is -1.99. The Labute approximate surface area is 110 Å². The van der Waals surface area contributed by atoms with Crippen molar-refractivity contribution in [2.75, 3.05) is 0 Å². The Morgan fingerprint density at radius 2 is 2.41 bits per heavy atom. The molecule has 0 amide bonds. The number of nitrogens with zero attached hydrogens (tertiary/aromatic N) is 3. The van der Waals surface area contributed by atoms with Crippen LogP contribution in [0.25, 0.3) is 11.2 Å². The van der Waals surface area contributed by atoms with Gasteiger partial charge in [-0.05, 0) is 34.2 Å². The third-order valence-corrected chi connectivity index (χ3v) is 3.14. The van der Waals surface area contributed by atoms with Crippen molar-refractivity contribution in [3.8, 4) is 0 Å².